The molecule has 0 atom stereocenters. The Morgan fingerprint density at radius 1 is 1.06 bits per heavy atom. The van der Waals surface area contributed by atoms with Gasteiger partial charge in [0.15, 0.2) is 5.75 Å². The predicted octanol–water partition coefficient (Wildman–Crippen LogP) is 4.10. The Kier molecular flexibility index (Phi) is 6.92. The van der Waals surface area contributed by atoms with Crippen molar-refractivity contribution in [3.8, 4) is 11.4 Å². The van der Waals surface area contributed by atoms with E-state index in [0.717, 1.165) is 10.7 Å². The van der Waals surface area contributed by atoms with Crippen molar-refractivity contribution in [3.05, 3.63) is 79.7 Å². The average molecular weight is 497 g/mol. The summed E-state index contributed by atoms with van der Waals surface area (Å²) in [5, 5.41) is 4.57. The molecule has 1 heterocycles. The van der Waals surface area contributed by atoms with Crippen LogP contribution in [0.3, 0.4) is 0 Å². The Balaban J connectivity index is 2.17. The van der Waals surface area contributed by atoms with E-state index in [4.69, 9.17) is 32.1 Å². The highest BCUT2D eigenvalue weighted by molar-refractivity contribution is 7.87. The molecule has 0 bridgehead atoms. The number of benzene rings is 2. The highest BCUT2D eigenvalue weighted by Crippen LogP contribution is 2.28. The number of carbonyl (C=O) groups is 1. The van der Waals surface area contributed by atoms with Gasteiger partial charge in [-0.2, -0.15) is 18.2 Å². The van der Waals surface area contributed by atoms with E-state index in [-0.39, 0.29) is 22.2 Å². The summed E-state index contributed by atoms with van der Waals surface area (Å²) < 4.78 is 36.9. The predicted molar refractivity (Wildman–Crippen MR) is 120 cm³/mol. The second-order valence-corrected chi connectivity index (χ2v) is 9.01. The lowest BCUT2D eigenvalue weighted by molar-refractivity contribution is 0.0515. The lowest BCUT2D eigenvalue weighted by Gasteiger charge is -2.14. The van der Waals surface area contributed by atoms with Crippen LogP contribution in [-0.4, -0.2) is 30.8 Å². The molecular weight excluding hydrogens is 479 g/mol. The molecular formula is C21H18Cl2N2O6S. The highest BCUT2D eigenvalue weighted by Gasteiger charge is 2.27. The summed E-state index contributed by atoms with van der Waals surface area (Å²) in [7, 11) is -4.44. The monoisotopic (exact) mass is 496 g/mol. The minimum atomic E-state index is -4.44. The highest BCUT2D eigenvalue weighted by atomic mass is 35.5. The van der Waals surface area contributed by atoms with Gasteiger partial charge in [-0.15, -0.1) is 0 Å². The summed E-state index contributed by atoms with van der Waals surface area (Å²) in [5.74, 6) is -1.54. The van der Waals surface area contributed by atoms with Gasteiger partial charge in [0.2, 0.25) is 5.69 Å². The second-order valence-electron chi connectivity index (χ2n) is 6.68. The van der Waals surface area contributed by atoms with Gasteiger partial charge in [0.25, 0.3) is 5.56 Å². The molecule has 11 heteroatoms. The summed E-state index contributed by atoms with van der Waals surface area (Å²) in [5.41, 5.74) is -0.227. The number of aryl methyl sites for hydroxylation is 2. The Morgan fingerprint density at radius 2 is 1.75 bits per heavy atom. The average Bonchev–Trinajstić information content (AvgIpc) is 2.71. The van der Waals surface area contributed by atoms with E-state index in [1.165, 1.54) is 24.3 Å². The van der Waals surface area contributed by atoms with Crippen LogP contribution in [0.1, 0.15) is 28.5 Å². The quantitative estimate of drug-likeness (QED) is 0.373. The fourth-order valence-electron chi connectivity index (χ4n) is 2.83. The first-order chi connectivity index (χ1) is 15.0. The van der Waals surface area contributed by atoms with Gasteiger partial charge in [-0.3, -0.25) is 4.79 Å². The molecule has 0 saturated heterocycles. The van der Waals surface area contributed by atoms with Gasteiger partial charge in [0.1, 0.15) is 4.90 Å². The van der Waals surface area contributed by atoms with Gasteiger partial charge in [0, 0.05) is 5.02 Å². The number of halogens is 2. The van der Waals surface area contributed by atoms with Gasteiger partial charge < -0.3 is 8.92 Å². The number of nitrogens with zero attached hydrogens (tertiary/aromatic N) is 2. The Morgan fingerprint density at radius 3 is 2.41 bits per heavy atom. The minimum absolute atomic E-state index is 0.00654. The molecule has 3 rings (SSSR count). The van der Waals surface area contributed by atoms with Crippen LogP contribution in [0.2, 0.25) is 10.0 Å². The van der Waals surface area contributed by atoms with Gasteiger partial charge in [-0.1, -0.05) is 35.3 Å². The van der Waals surface area contributed by atoms with Crippen molar-refractivity contribution in [2.45, 2.75) is 25.7 Å². The molecule has 0 N–H and O–H groups in total. The van der Waals surface area contributed by atoms with Crippen LogP contribution < -0.4 is 9.74 Å². The fraction of sp³-hybridized carbons (Fsp3) is 0.190. The number of para-hydroxylation sites is 1. The van der Waals surface area contributed by atoms with Crippen LogP contribution in [0.15, 0.2) is 52.2 Å². The third kappa shape index (κ3) is 4.79. The summed E-state index contributed by atoms with van der Waals surface area (Å²) >= 11 is 12.2. The van der Waals surface area contributed by atoms with E-state index in [1.54, 1.807) is 32.9 Å². The number of hydrogen-bond acceptors (Lipinski definition) is 7. The molecule has 8 nitrogen and oxygen atoms in total. The van der Waals surface area contributed by atoms with Crippen molar-refractivity contribution < 1.29 is 22.1 Å². The molecule has 0 amide bonds. The van der Waals surface area contributed by atoms with Gasteiger partial charge >= 0.3 is 16.1 Å². The number of aromatic nitrogens is 2. The first-order valence-electron chi connectivity index (χ1n) is 9.32. The van der Waals surface area contributed by atoms with Crippen LogP contribution in [0.4, 0.5) is 0 Å². The molecule has 2 aromatic carbocycles. The van der Waals surface area contributed by atoms with Gasteiger partial charge in [-0.25, -0.2) is 4.79 Å². The molecule has 1 aromatic heterocycles. The SMILES string of the molecule is CCOC(=O)c1nn(-c2ccccc2Cl)c(=O)cc1OS(=O)(=O)c1cc(C)c(Cl)cc1C. The van der Waals surface area contributed by atoms with Crippen LogP contribution in [0, 0.1) is 13.8 Å². The zero-order chi connectivity index (χ0) is 23.6. The van der Waals surface area contributed by atoms with Gasteiger partial charge in [0.05, 0.1) is 23.4 Å². The largest absolute Gasteiger partial charge is 0.461 e. The second kappa shape index (κ2) is 9.32. The van der Waals surface area contributed by atoms with Crippen LogP contribution in [0.5, 0.6) is 5.75 Å². The Bertz CT molecular complexity index is 1370. The molecule has 168 valence electrons. The normalized spacial score (nSPS) is 11.3. The minimum Gasteiger partial charge on any atom is -0.461 e. The van der Waals surface area contributed by atoms with Crippen molar-refractivity contribution in [1.29, 1.82) is 0 Å². The van der Waals surface area contributed by atoms with Crippen molar-refractivity contribution in [1.82, 2.24) is 9.78 Å². The molecule has 0 saturated carbocycles. The maximum Gasteiger partial charge on any atom is 0.362 e. The topological polar surface area (TPSA) is 105 Å². The third-order valence-corrected chi connectivity index (χ3v) is 6.48. The zero-order valence-electron chi connectivity index (χ0n) is 17.3. The lowest BCUT2D eigenvalue weighted by Crippen LogP contribution is -2.26. The molecule has 0 fully saturated rings. The van der Waals surface area contributed by atoms with Crippen molar-refractivity contribution in [2.75, 3.05) is 6.61 Å². The number of ether oxygens (including phenoxy) is 1. The first kappa shape index (κ1) is 23.8. The van der Waals surface area contributed by atoms with E-state index in [9.17, 15) is 18.0 Å². The molecule has 0 aliphatic carbocycles. The van der Waals surface area contributed by atoms with Crippen LogP contribution in [0.25, 0.3) is 5.69 Å². The van der Waals surface area contributed by atoms with E-state index < -0.39 is 33.1 Å². The van der Waals surface area contributed by atoms with Crippen molar-refractivity contribution in [3.63, 3.8) is 0 Å². The maximum absolute atomic E-state index is 13.0. The standard InChI is InChI=1S/C21H18Cl2N2O6S/c1-4-30-21(27)20-17(11-19(26)25(24-20)16-8-6-5-7-14(16)22)31-32(28,29)18-10-12(2)15(23)9-13(18)3/h5-11H,4H2,1-3H3. The van der Waals surface area contributed by atoms with Crippen LogP contribution >= 0.6 is 23.2 Å². The summed E-state index contributed by atoms with van der Waals surface area (Å²) in [6.45, 7) is 4.74. The lowest BCUT2D eigenvalue weighted by atomic mass is 10.2. The summed E-state index contributed by atoms with van der Waals surface area (Å²) in [4.78, 5) is 25.1. The smallest absolute Gasteiger partial charge is 0.362 e. The maximum atomic E-state index is 13.0. The number of esters is 1. The van der Waals surface area contributed by atoms with E-state index in [1.807, 2.05) is 0 Å². The Hall–Kier alpha value is -2.88. The molecule has 0 radical (unpaired) electrons. The molecule has 0 spiro atoms. The number of hydrogen-bond donors (Lipinski definition) is 0. The molecule has 0 aliphatic rings. The molecule has 0 unspecified atom stereocenters. The molecule has 32 heavy (non-hydrogen) atoms. The van der Waals surface area contributed by atoms with Crippen LogP contribution in [-0.2, 0) is 14.9 Å². The fourth-order valence-corrected chi connectivity index (χ4v) is 4.49. The first-order valence-corrected chi connectivity index (χ1v) is 11.5. The zero-order valence-corrected chi connectivity index (χ0v) is 19.6. The number of carbonyl (C=O) groups excluding carboxylic acids is 1. The third-order valence-electron chi connectivity index (χ3n) is 4.37. The summed E-state index contributed by atoms with van der Waals surface area (Å²) in [6, 6.07) is 10.0. The van der Waals surface area contributed by atoms with Crippen molar-refractivity contribution in [2.24, 2.45) is 0 Å². The molecule has 0 aliphatic heterocycles. The Labute approximate surface area is 194 Å². The van der Waals surface area contributed by atoms with E-state index in [2.05, 4.69) is 5.10 Å². The van der Waals surface area contributed by atoms with Gasteiger partial charge in [-0.05, 0) is 56.2 Å². The summed E-state index contributed by atoms with van der Waals surface area (Å²) in [6.07, 6.45) is 0. The van der Waals surface area contributed by atoms with Crippen molar-refractivity contribution >= 4 is 39.3 Å². The number of rotatable bonds is 6. The molecule has 3 aromatic rings. The van der Waals surface area contributed by atoms with E-state index in [0.29, 0.717) is 16.1 Å². The van der Waals surface area contributed by atoms with E-state index >= 15 is 0 Å².